The lowest BCUT2D eigenvalue weighted by Gasteiger charge is -2.07. The first-order valence-corrected chi connectivity index (χ1v) is 5.69. The Morgan fingerprint density at radius 3 is 2.94 bits per heavy atom. The second-order valence-electron chi connectivity index (χ2n) is 3.12. The van der Waals surface area contributed by atoms with E-state index in [1.54, 1.807) is 6.20 Å². The molecule has 0 atom stereocenters. The molecule has 2 rings (SSSR count). The number of imidazole rings is 1. The molecule has 6 heteroatoms. The molecule has 0 spiro atoms. The summed E-state index contributed by atoms with van der Waals surface area (Å²) in [5, 5.41) is 8.98. The van der Waals surface area contributed by atoms with Crippen LogP contribution < -0.4 is 0 Å². The van der Waals surface area contributed by atoms with E-state index in [2.05, 4.69) is 4.98 Å². The molecule has 0 saturated heterocycles. The Kier molecular flexibility index (Phi) is 3.40. The number of nitrogens with zero attached hydrogens (tertiary/aromatic N) is 3. The standard InChI is InChI=1S/C11H7F2N3S/c12-8-1-2-10(9(13)7-8)16-5-4-15-11(16)17-6-3-14/h1-2,4-5,7H,6H2. The molecule has 3 nitrogen and oxygen atoms in total. The van der Waals surface area contributed by atoms with Crippen LogP contribution in [-0.4, -0.2) is 15.3 Å². The molecule has 2 aromatic rings. The third-order valence-corrected chi connectivity index (χ3v) is 2.88. The molecular formula is C11H7F2N3S. The van der Waals surface area contributed by atoms with Gasteiger partial charge in [0, 0.05) is 18.5 Å². The highest BCUT2D eigenvalue weighted by atomic mass is 32.2. The predicted molar refractivity (Wildman–Crippen MR) is 59.8 cm³/mol. The van der Waals surface area contributed by atoms with Crippen molar-refractivity contribution in [3.8, 4) is 11.8 Å². The summed E-state index contributed by atoms with van der Waals surface area (Å²) in [4.78, 5) is 4.01. The SMILES string of the molecule is N#CCSc1nccn1-c1ccc(F)cc1F. The van der Waals surface area contributed by atoms with Gasteiger partial charge in [0.2, 0.25) is 0 Å². The normalized spacial score (nSPS) is 10.2. The van der Waals surface area contributed by atoms with Gasteiger partial charge in [0.25, 0.3) is 0 Å². The highest BCUT2D eigenvalue weighted by molar-refractivity contribution is 7.99. The van der Waals surface area contributed by atoms with Crippen LogP contribution in [0, 0.1) is 23.0 Å². The molecular weight excluding hydrogens is 244 g/mol. The largest absolute Gasteiger partial charge is 0.292 e. The fourth-order valence-corrected chi connectivity index (χ4v) is 1.98. The average molecular weight is 251 g/mol. The van der Waals surface area contributed by atoms with Gasteiger partial charge in [-0.3, -0.25) is 4.57 Å². The summed E-state index contributed by atoms with van der Waals surface area (Å²) in [5.74, 6) is -1.07. The number of benzene rings is 1. The third-order valence-electron chi connectivity index (χ3n) is 2.04. The van der Waals surface area contributed by atoms with Crippen molar-refractivity contribution in [1.82, 2.24) is 9.55 Å². The molecule has 0 radical (unpaired) electrons. The van der Waals surface area contributed by atoms with Crippen molar-refractivity contribution in [2.45, 2.75) is 5.16 Å². The van der Waals surface area contributed by atoms with Gasteiger partial charge < -0.3 is 0 Å². The van der Waals surface area contributed by atoms with Gasteiger partial charge in [-0.25, -0.2) is 13.8 Å². The first-order chi connectivity index (χ1) is 8.22. The van der Waals surface area contributed by atoms with E-state index in [1.807, 2.05) is 6.07 Å². The van der Waals surface area contributed by atoms with Crippen LogP contribution in [0.3, 0.4) is 0 Å². The van der Waals surface area contributed by atoms with E-state index in [9.17, 15) is 8.78 Å². The molecule has 0 fully saturated rings. The van der Waals surface area contributed by atoms with Gasteiger partial charge in [0.1, 0.15) is 11.6 Å². The Morgan fingerprint density at radius 2 is 2.24 bits per heavy atom. The molecule has 0 aliphatic rings. The van der Waals surface area contributed by atoms with Crippen LogP contribution in [0.4, 0.5) is 8.78 Å². The van der Waals surface area contributed by atoms with Crippen LogP contribution >= 0.6 is 11.8 Å². The molecule has 1 aromatic heterocycles. The van der Waals surface area contributed by atoms with Gasteiger partial charge in [-0.2, -0.15) is 5.26 Å². The molecule has 0 N–H and O–H groups in total. The van der Waals surface area contributed by atoms with E-state index in [0.717, 1.165) is 6.07 Å². The van der Waals surface area contributed by atoms with Crippen LogP contribution in [0.1, 0.15) is 0 Å². The Balaban J connectivity index is 2.40. The second-order valence-corrected chi connectivity index (χ2v) is 4.06. The number of hydrogen-bond acceptors (Lipinski definition) is 3. The van der Waals surface area contributed by atoms with Gasteiger partial charge >= 0.3 is 0 Å². The number of aromatic nitrogens is 2. The number of hydrogen-bond donors (Lipinski definition) is 0. The zero-order chi connectivity index (χ0) is 12.3. The molecule has 0 unspecified atom stereocenters. The Hall–Kier alpha value is -1.87. The van der Waals surface area contributed by atoms with Crippen LogP contribution in [0.25, 0.3) is 5.69 Å². The second kappa shape index (κ2) is 4.97. The van der Waals surface area contributed by atoms with Gasteiger partial charge in [-0.1, -0.05) is 11.8 Å². The fourth-order valence-electron chi connectivity index (χ4n) is 1.35. The summed E-state index contributed by atoms with van der Waals surface area (Å²) in [6.45, 7) is 0. The summed E-state index contributed by atoms with van der Waals surface area (Å²) < 4.78 is 27.8. The highest BCUT2D eigenvalue weighted by Gasteiger charge is 2.10. The maximum absolute atomic E-state index is 13.6. The number of rotatable bonds is 3. The molecule has 1 aromatic carbocycles. The minimum atomic E-state index is -0.665. The van der Waals surface area contributed by atoms with Gasteiger partial charge in [-0.15, -0.1) is 0 Å². The summed E-state index contributed by atoms with van der Waals surface area (Å²) in [7, 11) is 0. The molecule has 17 heavy (non-hydrogen) atoms. The smallest absolute Gasteiger partial charge is 0.173 e. The lowest BCUT2D eigenvalue weighted by Crippen LogP contribution is -1.99. The van der Waals surface area contributed by atoms with Crippen molar-refractivity contribution in [3.63, 3.8) is 0 Å². The van der Waals surface area contributed by atoms with Gasteiger partial charge in [-0.05, 0) is 12.1 Å². The van der Waals surface area contributed by atoms with Crippen molar-refractivity contribution in [1.29, 1.82) is 5.26 Å². The van der Waals surface area contributed by atoms with E-state index in [0.29, 0.717) is 5.16 Å². The van der Waals surface area contributed by atoms with Gasteiger partial charge in [0.15, 0.2) is 5.16 Å². The zero-order valence-corrected chi connectivity index (χ0v) is 9.42. The number of nitriles is 1. The maximum atomic E-state index is 13.6. The fraction of sp³-hybridized carbons (Fsp3) is 0.0909. The van der Waals surface area contributed by atoms with Crippen molar-refractivity contribution < 1.29 is 8.78 Å². The zero-order valence-electron chi connectivity index (χ0n) is 8.60. The highest BCUT2D eigenvalue weighted by Crippen LogP contribution is 2.22. The van der Waals surface area contributed by atoms with Crippen LogP contribution in [0.15, 0.2) is 35.7 Å². The third kappa shape index (κ3) is 2.45. The molecule has 1 heterocycles. The van der Waals surface area contributed by atoms with E-state index in [-0.39, 0.29) is 11.4 Å². The molecule has 0 amide bonds. The summed E-state index contributed by atoms with van der Waals surface area (Å²) >= 11 is 1.19. The number of halogens is 2. The monoisotopic (exact) mass is 251 g/mol. The van der Waals surface area contributed by atoms with Crippen LogP contribution in [0.2, 0.25) is 0 Å². The molecule has 0 aliphatic heterocycles. The van der Waals surface area contributed by atoms with Crippen molar-refractivity contribution >= 4 is 11.8 Å². The Morgan fingerprint density at radius 1 is 1.41 bits per heavy atom. The van der Waals surface area contributed by atoms with Crippen LogP contribution in [-0.2, 0) is 0 Å². The maximum Gasteiger partial charge on any atom is 0.173 e. The lowest BCUT2D eigenvalue weighted by molar-refractivity contribution is 0.575. The molecule has 0 saturated carbocycles. The summed E-state index contributed by atoms with van der Waals surface area (Å²) in [6, 6.07) is 5.29. The van der Waals surface area contributed by atoms with E-state index < -0.39 is 11.6 Å². The first kappa shape index (κ1) is 11.6. The van der Waals surface area contributed by atoms with E-state index >= 15 is 0 Å². The quantitative estimate of drug-likeness (QED) is 0.788. The Labute approximate surface area is 101 Å². The van der Waals surface area contributed by atoms with Gasteiger partial charge in [0.05, 0.1) is 17.5 Å². The first-order valence-electron chi connectivity index (χ1n) is 4.71. The van der Waals surface area contributed by atoms with Crippen molar-refractivity contribution in [3.05, 3.63) is 42.2 Å². The average Bonchev–Trinajstić information content (AvgIpc) is 2.74. The minimum Gasteiger partial charge on any atom is -0.292 e. The topological polar surface area (TPSA) is 41.6 Å². The Bertz CT molecular complexity index is 574. The predicted octanol–water partition coefficient (Wildman–Crippen LogP) is 2.77. The number of thioether (sulfide) groups is 1. The van der Waals surface area contributed by atoms with Crippen molar-refractivity contribution in [2.75, 3.05) is 5.75 Å². The summed E-state index contributed by atoms with van der Waals surface area (Å²) in [5.41, 5.74) is 0.212. The van der Waals surface area contributed by atoms with E-state index in [4.69, 9.17) is 5.26 Å². The lowest BCUT2D eigenvalue weighted by atomic mass is 10.3. The minimum absolute atomic E-state index is 0.212. The summed E-state index contributed by atoms with van der Waals surface area (Å²) in [6.07, 6.45) is 3.07. The van der Waals surface area contributed by atoms with Crippen LogP contribution in [0.5, 0.6) is 0 Å². The molecule has 0 bridgehead atoms. The molecule has 0 aliphatic carbocycles. The molecule has 86 valence electrons. The van der Waals surface area contributed by atoms with E-state index in [1.165, 1.54) is 34.7 Å². The van der Waals surface area contributed by atoms with Crippen molar-refractivity contribution in [2.24, 2.45) is 0 Å².